The fourth-order valence-corrected chi connectivity index (χ4v) is 12.2. The number of hydrogen-bond acceptors (Lipinski definition) is 1. The molecule has 3 aliphatic rings. The number of fused-ring (bicyclic) bond motifs is 11. The second-order valence-corrected chi connectivity index (χ2v) is 18.0. The van der Waals surface area contributed by atoms with E-state index >= 15 is 0 Å². The van der Waals surface area contributed by atoms with Crippen LogP contribution in [0.2, 0.25) is 0 Å². The Hall–Kier alpha value is -7.68. The smallest absolute Gasteiger partial charge is 0.0727 e. The van der Waals surface area contributed by atoms with Gasteiger partial charge in [-0.2, -0.15) is 0 Å². The molecule has 0 unspecified atom stereocenters. The third kappa shape index (κ3) is 4.15. The van der Waals surface area contributed by atoms with Crippen molar-refractivity contribution in [2.24, 2.45) is 0 Å². The summed E-state index contributed by atoms with van der Waals surface area (Å²) in [5, 5.41) is 7.71. The van der Waals surface area contributed by atoms with Gasteiger partial charge in [-0.25, -0.2) is 0 Å². The van der Waals surface area contributed by atoms with Gasteiger partial charge < -0.3 is 9.47 Å². The third-order valence-corrected chi connectivity index (χ3v) is 14.7. The van der Waals surface area contributed by atoms with Gasteiger partial charge in [0.1, 0.15) is 0 Å². The Labute approximate surface area is 360 Å². The van der Waals surface area contributed by atoms with Crippen molar-refractivity contribution >= 4 is 60.4 Å². The summed E-state index contributed by atoms with van der Waals surface area (Å²) in [5.41, 5.74) is 19.9. The molecule has 0 N–H and O–H groups in total. The molecule has 1 aromatic heterocycles. The van der Waals surface area contributed by atoms with Gasteiger partial charge in [-0.15, -0.1) is 0 Å². The molecule has 1 spiro atoms. The SMILES string of the molecule is CC1(C)c2ccccc2-c2c(-n3c4cccc5c4c4c6c(cc(N(c7ccccc7)c7ccc8ccccc8c7)cc6ccc43)C53c4ccccc4-c4ccccc43)cccc21. The molecular weight excluding hydrogens is 749 g/mol. The van der Waals surface area contributed by atoms with Crippen molar-refractivity contribution in [3.05, 3.63) is 240 Å². The molecule has 11 aromatic rings. The Morgan fingerprint density at radius 2 is 0.952 bits per heavy atom. The van der Waals surface area contributed by atoms with Crippen LogP contribution in [0.4, 0.5) is 17.1 Å². The van der Waals surface area contributed by atoms with E-state index in [1.54, 1.807) is 0 Å². The monoisotopic (exact) mass is 788 g/mol. The summed E-state index contributed by atoms with van der Waals surface area (Å²) in [4.78, 5) is 2.46. The highest BCUT2D eigenvalue weighted by Gasteiger charge is 2.50. The van der Waals surface area contributed by atoms with Crippen LogP contribution in [-0.2, 0) is 10.8 Å². The fourth-order valence-electron chi connectivity index (χ4n) is 12.2. The molecule has 0 radical (unpaired) electrons. The van der Waals surface area contributed by atoms with Crippen LogP contribution in [0.15, 0.2) is 206 Å². The first kappa shape index (κ1) is 34.1. The molecule has 0 bridgehead atoms. The maximum atomic E-state index is 2.60. The molecule has 0 saturated carbocycles. The first-order valence-corrected chi connectivity index (χ1v) is 21.9. The van der Waals surface area contributed by atoms with Crippen LogP contribution in [0.25, 0.3) is 71.3 Å². The molecule has 290 valence electrons. The normalized spacial score (nSPS) is 14.5. The minimum Gasteiger partial charge on any atom is -0.310 e. The van der Waals surface area contributed by atoms with E-state index in [-0.39, 0.29) is 5.41 Å². The molecule has 2 nitrogen and oxygen atoms in total. The summed E-state index contributed by atoms with van der Waals surface area (Å²) < 4.78 is 2.60. The van der Waals surface area contributed by atoms with E-state index in [4.69, 9.17) is 0 Å². The van der Waals surface area contributed by atoms with Crippen LogP contribution >= 0.6 is 0 Å². The third-order valence-electron chi connectivity index (χ3n) is 14.7. The maximum Gasteiger partial charge on any atom is 0.0727 e. The molecular formula is C60H40N2. The van der Waals surface area contributed by atoms with E-state index in [2.05, 4.69) is 230 Å². The highest BCUT2D eigenvalue weighted by Crippen LogP contribution is 2.63. The second kappa shape index (κ2) is 12.0. The van der Waals surface area contributed by atoms with Crippen molar-refractivity contribution < 1.29 is 0 Å². The molecule has 0 aliphatic heterocycles. The summed E-state index contributed by atoms with van der Waals surface area (Å²) in [6.07, 6.45) is 0. The summed E-state index contributed by atoms with van der Waals surface area (Å²) in [5.74, 6) is 0. The number of hydrogen-bond donors (Lipinski definition) is 0. The van der Waals surface area contributed by atoms with Gasteiger partial charge in [0, 0.05) is 38.8 Å². The Morgan fingerprint density at radius 3 is 1.74 bits per heavy atom. The maximum absolute atomic E-state index is 2.60. The first-order valence-electron chi connectivity index (χ1n) is 21.9. The Kier molecular flexibility index (Phi) is 6.59. The lowest BCUT2D eigenvalue weighted by Crippen LogP contribution is -2.31. The van der Waals surface area contributed by atoms with Crippen LogP contribution in [0.5, 0.6) is 0 Å². The van der Waals surface area contributed by atoms with E-state index in [1.165, 1.54) is 105 Å². The van der Waals surface area contributed by atoms with Crippen molar-refractivity contribution in [2.75, 3.05) is 4.90 Å². The van der Waals surface area contributed by atoms with Gasteiger partial charge in [-0.1, -0.05) is 166 Å². The molecule has 0 amide bonds. The molecule has 2 heteroatoms. The van der Waals surface area contributed by atoms with Crippen LogP contribution in [0.1, 0.15) is 47.2 Å². The highest BCUT2D eigenvalue weighted by molar-refractivity contribution is 6.27. The van der Waals surface area contributed by atoms with E-state index in [0.29, 0.717) is 0 Å². The van der Waals surface area contributed by atoms with Crippen LogP contribution < -0.4 is 4.90 Å². The van der Waals surface area contributed by atoms with Gasteiger partial charge in [0.25, 0.3) is 0 Å². The molecule has 0 atom stereocenters. The Balaban J connectivity index is 1.15. The summed E-state index contributed by atoms with van der Waals surface area (Å²) in [6, 6.07) is 77.7. The predicted molar refractivity (Wildman–Crippen MR) is 259 cm³/mol. The number of benzene rings is 10. The van der Waals surface area contributed by atoms with Gasteiger partial charge in [0.05, 0.1) is 22.1 Å². The van der Waals surface area contributed by atoms with Crippen LogP contribution in [0.3, 0.4) is 0 Å². The van der Waals surface area contributed by atoms with Gasteiger partial charge in [0.2, 0.25) is 0 Å². The lowest BCUT2D eigenvalue weighted by Gasteiger charge is -2.39. The molecule has 1 heterocycles. The van der Waals surface area contributed by atoms with E-state index < -0.39 is 5.41 Å². The standard InChI is InChI=1S/C60H40N2/c1-59(2)46-23-11-10-22-45(46)56-49(59)26-14-28-52(56)62-53-29-15-27-50-57(53)58-54(62)33-31-39-35-42(61(40-18-4-3-5-19-40)41-32-30-37-16-6-7-17-38(37)34-41)36-51(55(39)58)60(50)47-24-12-8-20-43(47)44-21-9-13-25-48(44)60/h3-36H,1-2H3. The molecule has 14 rings (SSSR count). The molecule has 10 aromatic carbocycles. The van der Waals surface area contributed by atoms with Crippen molar-refractivity contribution in [3.8, 4) is 27.9 Å². The van der Waals surface area contributed by atoms with E-state index in [9.17, 15) is 0 Å². The summed E-state index contributed by atoms with van der Waals surface area (Å²) in [6.45, 7) is 4.76. The predicted octanol–water partition coefficient (Wildman–Crippen LogP) is 15.5. The first-order chi connectivity index (χ1) is 30.5. The van der Waals surface area contributed by atoms with Crippen molar-refractivity contribution in [1.82, 2.24) is 4.57 Å². The average Bonchev–Trinajstić information content (AvgIpc) is 3.90. The largest absolute Gasteiger partial charge is 0.310 e. The number of para-hydroxylation sites is 1. The Morgan fingerprint density at radius 1 is 0.355 bits per heavy atom. The van der Waals surface area contributed by atoms with Crippen LogP contribution in [0, 0.1) is 0 Å². The minimum atomic E-state index is -0.562. The van der Waals surface area contributed by atoms with Crippen molar-refractivity contribution in [1.29, 1.82) is 0 Å². The average molecular weight is 789 g/mol. The van der Waals surface area contributed by atoms with E-state index in [0.717, 1.165) is 17.1 Å². The van der Waals surface area contributed by atoms with Crippen LogP contribution in [-0.4, -0.2) is 4.57 Å². The van der Waals surface area contributed by atoms with Gasteiger partial charge in [-0.05, 0) is 126 Å². The lowest BCUT2D eigenvalue weighted by molar-refractivity contribution is 0.660. The second-order valence-electron chi connectivity index (χ2n) is 18.0. The molecule has 3 aliphatic carbocycles. The number of nitrogens with zero attached hydrogens (tertiary/aromatic N) is 2. The summed E-state index contributed by atoms with van der Waals surface area (Å²) >= 11 is 0. The lowest BCUT2D eigenvalue weighted by atomic mass is 9.63. The zero-order chi connectivity index (χ0) is 40.9. The number of anilines is 3. The zero-order valence-corrected chi connectivity index (χ0v) is 34.5. The van der Waals surface area contributed by atoms with Crippen molar-refractivity contribution in [2.45, 2.75) is 24.7 Å². The number of aromatic nitrogens is 1. The number of rotatable bonds is 4. The fraction of sp³-hybridized carbons (Fsp3) is 0.0667. The molecule has 0 saturated heterocycles. The molecule has 0 fully saturated rings. The van der Waals surface area contributed by atoms with Gasteiger partial charge >= 0.3 is 0 Å². The topological polar surface area (TPSA) is 8.17 Å². The highest BCUT2D eigenvalue weighted by atomic mass is 15.1. The van der Waals surface area contributed by atoms with E-state index in [1.807, 2.05) is 0 Å². The molecule has 62 heavy (non-hydrogen) atoms. The Bertz CT molecular complexity index is 3690. The van der Waals surface area contributed by atoms with Gasteiger partial charge in [0.15, 0.2) is 0 Å². The summed E-state index contributed by atoms with van der Waals surface area (Å²) in [7, 11) is 0. The zero-order valence-electron chi connectivity index (χ0n) is 34.5. The van der Waals surface area contributed by atoms with Crippen molar-refractivity contribution in [3.63, 3.8) is 0 Å². The quantitative estimate of drug-likeness (QED) is 0.172. The van der Waals surface area contributed by atoms with Gasteiger partial charge in [-0.3, -0.25) is 0 Å². The minimum absolute atomic E-state index is 0.104.